The molecule has 1 amide bonds. The second-order valence-corrected chi connectivity index (χ2v) is 13.5. The topological polar surface area (TPSA) is 67.9 Å². The predicted octanol–water partition coefficient (Wildman–Crippen LogP) is 6.09. The van der Waals surface area contributed by atoms with E-state index in [1.807, 2.05) is 0 Å². The van der Waals surface area contributed by atoms with E-state index in [9.17, 15) is 31.5 Å². The summed E-state index contributed by atoms with van der Waals surface area (Å²) in [5.41, 5.74) is -1.93. The number of rotatable bonds is 7. The van der Waals surface area contributed by atoms with Crippen molar-refractivity contribution in [3.05, 3.63) is 34.9 Å². The fourth-order valence-corrected chi connectivity index (χ4v) is 6.16. The molecule has 41 heavy (non-hydrogen) atoms. The molecule has 1 aliphatic carbocycles. The lowest BCUT2D eigenvalue weighted by Gasteiger charge is -2.52. The second-order valence-electron chi connectivity index (χ2n) is 13.5. The summed E-state index contributed by atoms with van der Waals surface area (Å²) in [6.45, 7) is 9.08. The van der Waals surface area contributed by atoms with Crippen molar-refractivity contribution >= 4 is 11.9 Å². The number of carbonyl (C=O) groups is 2. The molecule has 3 aliphatic rings. The van der Waals surface area contributed by atoms with Gasteiger partial charge < -0.3 is 19.7 Å². The normalized spacial score (nSPS) is 23.0. The largest absolute Gasteiger partial charge is 0.456 e. The maximum Gasteiger partial charge on any atom is 0.402 e. The number of ether oxygens (including phenoxy) is 2. The summed E-state index contributed by atoms with van der Waals surface area (Å²) in [6.07, 6.45) is -4.57. The molecular weight excluding hydrogens is 547 g/mol. The maximum absolute atomic E-state index is 13.9. The number of likely N-dealkylation sites (tertiary alicyclic amines) is 1. The monoisotopic (exact) mass is 588 g/mol. The van der Waals surface area contributed by atoms with Gasteiger partial charge >= 0.3 is 12.1 Å². The van der Waals surface area contributed by atoms with Gasteiger partial charge in [-0.05, 0) is 64.5 Å². The van der Waals surface area contributed by atoms with Crippen LogP contribution in [0.1, 0.15) is 87.7 Å². The fraction of sp³-hybridized carbons (Fsp3) is 0.733. The third-order valence-electron chi connectivity index (χ3n) is 8.80. The first-order chi connectivity index (χ1) is 18.9. The van der Waals surface area contributed by atoms with Crippen molar-refractivity contribution in [2.75, 3.05) is 32.8 Å². The molecule has 1 atom stereocenters. The minimum Gasteiger partial charge on any atom is -0.456 e. The highest BCUT2D eigenvalue weighted by molar-refractivity contribution is 5.93. The van der Waals surface area contributed by atoms with Gasteiger partial charge in [0.2, 0.25) is 11.8 Å². The van der Waals surface area contributed by atoms with Crippen LogP contribution < -0.4 is 5.32 Å². The minimum absolute atomic E-state index is 0.0331. The zero-order valence-corrected chi connectivity index (χ0v) is 24.4. The standard InChI is InChI=1S/C30H41F5N2O4/c1-26(2,3)41-24(38)23-20(7-6-8-22(23)19-9-11-29(31,32)12-10-19)14-40-15-21-13-36-16-28(21)17-37(18-28)25(39)27(4,5)30(33,34)35/h6-8,19,21,36H,9-18H2,1-5H3/t21-/m0/s1. The molecule has 1 aromatic rings. The Morgan fingerprint density at radius 1 is 1.05 bits per heavy atom. The predicted molar refractivity (Wildman–Crippen MR) is 143 cm³/mol. The molecule has 3 fully saturated rings. The first-order valence-corrected chi connectivity index (χ1v) is 14.2. The van der Waals surface area contributed by atoms with Gasteiger partial charge in [-0.2, -0.15) is 13.2 Å². The molecule has 4 rings (SSSR count). The fourth-order valence-electron chi connectivity index (χ4n) is 6.16. The Hall–Kier alpha value is -2.27. The van der Waals surface area contributed by atoms with Crippen LogP contribution in [-0.4, -0.2) is 67.3 Å². The maximum atomic E-state index is 13.9. The average molecular weight is 589 g/mol. The van der Waals surface area contributed by atoms with E-state index in [1.54, 1.807) is 39.0 Å². The number of benzene rings is 1. The molecule has 2 aliphatic heterocycles. The van der Waals surface area contributed by atoms with Crippen molar-refractivity contribution in [3.8, 4) is 0 Å². The molecule has 6 nitrogen and oxygen atoms in total. The summed E-state index contributed by atoms with van der Waals surface area (Å²) in [5.74, 6) is -4.38. The van der Waals surface area contributed by atoms with Crippen molar-refractivity contribution < 1.29 is 41.0 Å². The van der Waals surface area contributed by atoms with Gasteiger partial charge in [0.05, 0.1) is 18.8 Å². The highest BCUT2D eigenvalue weighted by Gasteiger charge is 2.60. The van der Waals surface area contributed by atoms with Gasteiger partial charge in [-0.15, -0.1) is 0 Å². The van der Waals surface area contributed by atoms with Crippen molar-refractivity contribution in [1.82, 2.24) is 10.2 Å². The van der Waals surface area contributed by atoms with Gasteiger partial charge in [0.25, 0.3) is 0 Å². The van der Waals surface area contributed by atoms with Crippen LogP contribution in [0.15, 0.2) is 18.2 Å². The van der Waals surface area contributed by atoms with Crippen molar-refractivity contribution in [3.63, 3.8) is 0 Å². The number of carbonyl (C=O) groups excluding carboxylic acids is 2. The summed E-state index contributed by atoms with van der Waals surface area (Å²) in [4.78, 5) is 27.2. The number of halogens is 5. The van der Waals surface area contributed by atoms with E-state index in [1.165, 1.54) is 4.90 Å². The highest BCUT2D eigenvalue weighted by Crippen LogP contribution is 2.46. The molecule has 2 heterocycles. The number of esters is 1. The molecule has 0 unspecified atom stereocenters. The van der Waals surface area contributed by atoms with Gasteiger partial charge in [-0.3, -0.25) is 4.79 Å². The van der Waals surface area contributed by atoms with Gasteiger partial charge in [0, 0.05) is 50.4 Å². The van der Waals surface area contributed by atoms with Crippen LogP contribution in [0.4, 0.5) is 22.0 Å². The summed E-state index contributed by atoms with van der Waals surface area (Å²) >= 11 is 0. The van der Waals surface area contributed by atoms with Crippen LogP contribution >= 0.6 is 0 Å². The Labute approximate surface area is 238 Å². The molecule has 1 saturated carbocycles. The van der Waals surface area contributed by atoms with Gasteiger partial charge in [-0.1, -0.05) is 18.2 Å². The molecule has 2 saturated heterocycles. The van der Waals surface area contributed by atoms with Crippen LogP contribution in [0.2, 0.25) is 0 Å². The Balaban J connectivity index is 1.45. The second kappa shape index (κ2) is 11.1. The Morgan fingerprint density at radius 3 is 2.27 bits per heavy atom. The van der Waals surface area contributed by atoms with Crippen LogP contribution in [0, 0.1) is 16.7 Å². The Kier molecular flexibility index (Phi) is 8.57. The molecule has 230 valence electrons. The van der Waals surface area contributed by atoms with Gasteiger partial charge in [0.1, 0.15) is 11.0 Å². The molecular formula is C30H41F5N2O4. The molecule has 1 aromatic carbocycles. The van der Waals surface area contributed by atoms with E-state index >= 15 is 0 Å². The zero-order chi connectivity index (χ0) is 30.4. The number of nitrogens with one attached hydrogen (secondary N) is 1. The molecule has 1 spiro atoms. The van der Waals surface area contributed by atoms with Crippen LogP contribution in [0.3, 0.4) is 0 Å². The van der Waals surface area contributed by atoms with Crippen molar-refractivity contribution in [2.45, 2.75) is 90.5 Å². The molecule has 11 heteroatoms. The molecule has 1 N–H and O–H groups in total. The smallest absolute Gasteiger partial charge is 0.402 e. The minimum atomic E-state index is -4.64. The highest BCUT2D eigenvalue weighted by atomic mass is 19.4. The summed E-state index contributed by atoms with van der Waals surface area (Å²) < 4.78 is 79.7. The van der Waals surface area contributed by atoms with Crippen LogP contribution in [-0.2, 0) is 20.9 Å². The summed E-state index contributed by atoms with van der Waals surface area (Å²) in [6, 6.07) is 5.37. The van der Waals surface area contributed by atoms with Crippen LogP contribution in [0.25, 0.3) is 0 Å². The molecule has 0 bridgehead atoms. The lowest BCUT2D eigenvalue weighted by Crippen LogP contribution is -2.65. The Morgan fingerprint density at radius 2 is 1.68 bits per heavy atom. The Bertz CT molecular complexity index is 1130. The van der Waals surface area contributed by atoms with Crippen LogP contribution in [0.5, 0.6) is 0 Å². The zero-order valence-electron chi connectivity index (χ0n) is 24.4. The summed E-state index contributed by atoms with van der Waals surface area (Å²) in [7, 11) is 0. The number of hydrogen-bond acceptors (Lipinski definition) is 5. The number of amides is 1. The van der Waals surface area contributed by atoms with E-state index in [0.717, 1.165) is 13.8 Å². The number of hydrogen-bond donors (Lipinski definition) is 1. The van der Waals surface area contributed by atoms with Gasteiger partial charge in [-0.25, -0.2) is 13.6 Å². The van der Waals surface area contributed by atoms with Crippen molar-refractivity contribution in [2.24, 2.45) is 16.7 Å². The first-order valence-electron chi connectivity index (χ1n) is 14.2. The summed E-state index contributed by atoms with van der Waals surface area (Å²) in [5, 5.41) is 3.28. The lowest BCUT2D eigenvalue weighted by atomic mass is 9.70. The van der Waals surface area contributed by atoms with Gasteiger partial charge in [0.15, 0.2) is 0 Å². The number of nitrogens with zero attached hydrogens (tertiary/aromatic N) is 1. The van der Waals surface area contributed by atoms with Crippen molar-refractivity contribution in [1.29, 1.82) is 0 Å². The third kappa shape index (κ3) is 6.71. The SMILES string of the molecule is CC(C)(C)OC(=O)c1c(COC[C@@H]2CNCC23CN(C(=O)C(C)(C)C(F)(F)F)C3)cccc1C1CCC(F)(F)CC1. The number of alkyl halides is 5. The quantitative estimate of drug-likeness (QED) is 0.309. The van der Waals surface area contributed by atoms with E-state index in [4.69, 9.17) is 9.47 Å². The third-order valence-corrected chi connectivity index (χ3v) is 8.80. The van der Waals surface area contributed by atoms with E-state index in [2.05, 4.69) is 5.32 Å². The van der Waals surface area contributed by atoms with E-state index < -0.39 is 35.0 Å². The molecule has 0 radical (unpaired) electrons. The van der Waals surface area contributed by atoms with E-state index in [0.29, 0.717) is 29.8 Å². The average Bonchev–Trinajstić information content (AvgIpc) is 3.24. The first kappa shape index (κ1) is 31.7. The lowest BCUT2D eigenvalue weighted by molar-refractivity contribution is -0.223. The van der Waals surface area contributed by atoms with E-state index in [-0.39, 0.29) is 69.2 Å². The molecule has 0 aromatic heterocycles.